The van der Waals surface area contributed by atoms with Gasteiger partial charge in [-0.2, -0.15) is 13.2 Å². The van der Waals surface area contributed by atoms with Crippen LogP contribution in [0.15, 0.2) is 48.5 Å². The highest BCUT2D eigenvalue weighted by Crippen LogP contribution is 2.34. The first kappa shape index (κ1) is 22.2. The average molecular weight is 421 g/mol. The van der Waals surface area contributed by atoms with Crippen molar-refractivity contribution in [3.8, 4) is 5.75 Å². The fourth-order valence-electron chi connectivity index (χ4n) is 4.09. The number of halogens is 3. The van der Waals surface area contributed by atoms with Crippen molar-refractivity contribution in [2.75, 3.05) is 27.3 Å². The molecule has 0 unspecified atom stereocenters. The van der Waals surface area contributed by atoms with E-state index in [2.05, 4.69) is 4.90 Å². The Morgan fingerprint density at radius 3 is 2.47 bits per heavy atom. The molecule has 1 saturated heterocycles. The third-order valence-corrected chi connectivity index (χ3v) is 5.55. The second kappa shape index (κ2) is 9.51. The fourth-order valence-corrected chi connectivity index (χ4v) is 4.09. The highest BCUT2D eigenvalue weighted by molar-refractivity contribution is 5.69. The summed E-state index contributed by atoms with van der Waals surface area (Å²) >= 11 is 0. The van der Waals surface area contributed by atoms with Gasteiger partial charge in [0.25, 0.3) is 0 Å². The first-order valence-electron chi connectivity index (χ1n) is 9.87. The summed E-state index contributed by atoms with van der Waals surface area (Å²) in [6, 6.07) is 13.2. The zero-order valence-electron chi connectivity index (χ0n) is 17.1. The molecule has 7 heteroatoms. The maximum absolute atomic E-state index is 12.8. The number of likely N-dealkylation sites (tertiary alicyclic amines) is 1. The van der Waals surface area contributed by atoms with E-state index in [4.69, 9.17) is 9.47 Å². The molecule has 1 fully saturated rings. The molecular weight excluding hydrogens is 395 g/mol. The van der Waals surface area contributed by atoms with Gasteiger partial charge in [0.05, 0.1) is 19.8 Å². The Morgan fingerprint density at radius 1 is 1.10 bits per heavy atom. The molecule has 0 bridgehead atoms. The van der Waals surface area contributed by atoms with Crippen LogP contribution in [0, 0.1) is 5.92 Å². The van der Waals surface area contributed by atoms with Crippen LogP contribution < -0.4 is 4.74 Å². The summed E-state index contributed by atoms with van der Waals surface area (Å²) in [6.45, 7) is 1.97. The lowest BCUT2D eigenvalue weighted by atomic mass is 9.83. The molecule has 0 N–H and O–H groups in total. The van der Waals surface area contributed by atoms with Gasteiger partial charge in [0.15, 0.2) is 0 Å². The molecule has 4 nitrogen and oxygen atoms in total. The molecule has 162 valence electrons. The van der Waals surface area contributed by atoms with Crippen LogP contribution in [0.1, 0.15) is 35.4 Å². The van der Waals surface area contributed by atoms with E-state index in [0.29, 0.717) is 19.5 Å². The summed E-state index contributed by atoms with van der Waals surface area (Å²) in [5.41, 5.74) is 1.29. The number of hydrogen-bond acceptors (Lipinski definition) is 4. The molecule has 2 atom stereocenters. The lowest BCUT2D eigenvalue weighted by Gasteiger charge is -2.38. The maximum atomic E-state index is 12.8. The van der Waals surface area contributed by atoms with Gasteiger partial charge in [0, 0.05) is 26.1 Å². The van der Waals surface area contributed by atoms with Crippen LogP contribution >= 0.6 is 0 Å². The first-order valence-corrected chi connectivity index (χ1v) is 9.87. The molecule has 3 rings (SSSR count). The Bertz CT molecular complexity index is 852. The molecule has 2 aromatic rings. The Labute approximate surface area is 174 Å². The van der Waals surface area contributed by atoms with E-state index < -0.39 is 11.7 Å². The van der Waals surface area contributed by atoms with Crippen LogP contribution in [0.4, 0.5) is 13.2 Å². The van der Waals surface area contributed by atoms with Crippen molar-refractivity contribution >= 4 is 5.97 Å². The molecule has 2 aromatic carbocycles. The van der Waals surface area contributed by atoms with Crippen LogP contribution in [0.5, 0.6) is 5.75 Å². The first-order chi connectivity index (χ1) is 14.3. The summed E-state index contributed by atoms with van der Waals surface area (Å²) in [5.74, 6) is 0.826. The predicted octanol–water partition coefficient (Wildman–Crippen LogP) is 4.88. The number of methoxy groups -OCH3 is 2. The van der Waals surface area contributed by atoms with Crippen molar-refractivity contribution in [1.29, 1.82) is 0 Å². The second-order valence-corrected chi connectivity index (χ2v) is 7.74. The number of esters is 1. The Morgan fingerprint density at radius 2 is 1.83 bits per heavy atom. The summed E-state index contributed by atoms with van der Waals surface area (Å²) in [7, 11) is 3.00. The molecule has 0 aliphatic carbocycles. The highest BCUT2D eigenvalue weighted by Gasteiger charge is 2.31. The van der Waals surface area contributed by atoms with Gasteiger partial charge in [-0.1, -0.05) is 24.3 Å². The smallest absolute Gasteiger partial charge is 0.416 e. The number of carbonyl (C=O) groups excluding carboxylic acids is 1. The van der Waals surface area contributed by atoms with E-state index in [0.717, 1.165) is 42.0 Å². The third kappa shape index (κ3) is 5.75. The molecule has 1 aliphatic heterocycles. The molecule has 0 spiro atoms. The number of rotatable bonds is 6. The lowest BCUT2D eigenvalue weighted by Crippen LogP contribution is -2.40. The van der Waals surface area contributed by atoms with Crippen molar-refractivity contribution in [3.63, 3.8) is 0 Å². The second-order valence-electron chi connectivity index (χ2n) is 7.74. The summed E-state index contributed by atoms with van der Waals surface area (Å²) in [5, 5.41) is 0. The van der Waals surface area contributed by atoms with Gasteiger partial charge >= 0.3 is 12.1 Å². The molecule has 0 aromatic heterocycles. The van der Waals surface area contributed by atoms with E-state index in [-0.39, 0.29) is 17.8 Å². The van der Waals surface area contributed by atoms with Gasteiger partial charge in [-0.25, -0.2) is 0 Å². The molecular formula is C23H26F3NO3. The molecule has 0 saturated carbocycles. The molecule has 1 aliphatic rings. The maximum Gasteiger partial charge on any atom is 0.416 e. The van der Waals surface area contributed by atoms with E-state index in [1.165, 1.54) is 19.2 Å². The zero-order valence-corrected chi connectivity index (χ0v) is 17.1. The number of hydrogen-bond donors (Lipinski definition) is 0. The van der Waals surface area contributed by atoms with Crippen LogP contribution in [0.3, 0.4) is 0 Å². The summed E-state index contributed by atoms with van der Waals surface area (Å²) < 4.78 is 48.6. The van der Waals surface area contributed by atoms with Crippen molar-refractivity contribution < 1.29 is 27.4 Å². The van der Waals surface area contributed by atoms with Crippen molar-refractivity contribution in [2.24, 2.45) is 5.92 Å². The minimum Gasteiger partial charge on any atom is -0.497 e. The Balaban J connectivity index is 1.77. The van der Waals surface area contributed by atoms with Crippen molar-refractivity contribution in [2.45, 2.75) is 31.5 Å². The van der Waals surface area contributed by atoms with E-state index in [9.17, 15) is 18.0 Å². The van der Waals surface area contributed by atoms with Gasteiger partial charge in [0.2, 0.25) is 0 Å². The number of nitrogens with zero attached hydrogens (tertiary/aromatic N) is 1. The number of carbonyl (C=O) groups is 1. The average Bonchev–Trinajstić information content (AvgIpc) is 2.73. The van der Waals surface area contributed by atoms with Crippen molar-refractivity contribution in [1.82, 2.24) is 4.90 Å². The number of ether oxygens (including phenoxy) is 2. The Kier molecular flexibility index (Phi) is 7.02. The molecule has 30 heavy (non-hydrogen) atoms. The third-order valence-electron chi connectivity index (χ3n) is 5.55. The summed E-state index contributed by atoms with van der Waals surface area (Å²) in [6.07, 6.45) is -3.18. The molecule has 0 radical (unpaired) electrons. The lowest BCUT2D eigenvalue weighted by molar-refractivity contribution is -0.142. The van der Waals surface area contributed by atoms with E-state index >= 15 is 0 Å². The fraction of sp³-hybridized carbons (Fsp3) is 0.435. The number of benzene rings is 2. The summed E-state index contributed by atoms with van der Waals surface area (Å²) in [4.78, 5) is 14.1. The molecule has 1 heterocycles. The van der Waals surface area contributed by atoms with E-state index in [1.54, 1.807) is 7.11 Å². The van der Waals surface area contributed by atoms with Gasteiger partial charge in [-0.05, 0) is 53.6 Å². The normalized spacial score (nSPS) is 20.0. The minimum atomic E-state index is -4.34. The van der Waals surface area contributed by atoms with Gasteiger partial charge in [-0.3, -0.25) is 9.69 Å². The van der Waals surface area contributed by atoms with E-state index in [1.807, 2.05) is 24.3 Å². The SMILES string of the molecule is COC(=O)C[C@@H]1C[C@H](c2cccc(OC)c2)CN(Cc2ccc(C(F)(F)F)cc2)C1. The highest BCUT2D eigenvalue weighted by atomic mass is 19.4. The molecule has 0 amide bonds. The van der Waals surface area contributed by atoms with Crippen LogP contribution in [0.2, 0.25) is 0 Å². The topological polar surface area (TPSA) is 38.8 Å². The van der Waals surface area contributed by atoms with Crippen LogP contribution in [-0.2, 0) is 22.3 Å². The minimum absolute atomic E-state index is 0.108. The van der Waals surface area contributed by atoms with Gasteiger partial charge in [-0.15, -0.1) is 0 Å². The van der Waals surface area contributed by atoms with Gasteiger partial charge < -0.3 is 9.47 Å². The largest absolute Gasteiger partial charge is 0.497 e. The van der Waals surface area contributed by atoms with Crippen LogP contribution in [-0.4, -0.2) is 38.2 Å². The monoisotopic (exact) mass is 421 g/mol. The van der Waals surface area contributed by atoms with Gasteiger partial charge in [0.1, 0.15) is 5.75 Å². The Hall–Kier alpha value is -2.54. The predicted molar refractivity (Wildman–Crippen MR) is 107 cm³/mol. The number of alkyl halides is 3. The zero-order chi connectivity index (χ0) is 21.7. The quantitative estimate of drug-likeness (QED) is 0.623. The van der Waals surface area contributed by atoms with Crippen LogP contribution in [0.25, 0.3) is 0 Å². The number of piperidine rings is 1. The standard InChI is InChI=1S/C23H26F3NO3/c1-29-21-5-3-4-18(12-21)19-10-17(11-22(28)30-2)14-27(15-19)13-16-6-8-20(9-7-16)23(24,25)26/h3-9,12,17,19H,10-11,13-15H2,1-2H3/t17-,19-/m0/s1. The van der Waals surface area contributed by atoms with Crippen molar-refractivity contribution in [3.05, 3.63) is 65.2 Å².